The number of thioether (sulfide) groups is 1. The average molecular weight is 497 g/mol. The van der Waals surface area contributed by atoms with Crippen LogP contribution in [0.25, 0.3) is 0 Å². The molecule has 8 heteroatoms. The van der Waals surface area contributed by atoms with Gasteiger partial charge in [-0.3, -0.25) is 9.59 Å². The largest absolute Gasteiger partial charge is 0.494 e. The van der Waals surface area contributed by atoms with Gasteiger partial charge in [0.2, 0.25) is 5.91 Å². The molecule has 1 aliphatic heterocycles. The summed E-state index contributed by atoms with van der Waals surface area (Å²) in [5.74, 6) is 1.71. The van der Waals surface area contributed by atoms with Gasteiger partial charge in [0.1, 0.15) is 23.5 Å². The second-order valence-corrected chi connectivity index (χ2v) is 9.04. The Morgan fingerprint density at radius 2 is 1.79 bits per heavy atom. The number of hydrogen-bond acceptors (Lipinski definition) is 5. The zero-order valence-electron chi connectivity index (χ0n) is 18.7. The minimum Gasteiger partial charge on any atom is -0.494 e. The Bertz CT molecular complexity index is 1160. The highest BCUT2D eigenvalue weighted by Gasteiger charge is 2.32. The fourth-order valence-electron chi connectivity index (χ4n) is 3.65. The van der Waals surface area contributed by atoms with Gasteiger partial charge in [-0.05, 0) is 61.0 Å². The molecular weight excluding hydrogens is 472 g/mol. The number of ether oxygens (including phenoxy) is 2. The number of amides is 2. The van der Waals surface area contributed by atoms with E-state index in [1.165, 1.54) is 0 Å². The van der Waals surface area contributed by atoms with Crippen LogP contribution in [0, 0.1) is 0 Å². The molecule has 1 N–H and O–H groups in total. The molecule has 176 valence electrons. The highest BCUT2D eigenvalue weighted by molar-refractivity contribution is 8.00. The molecule has 0 radical (unpaired) electrons. The third-order valence-electron chi connectivity index (χ3n) is 5.25. The zero-order chi connectivity index (χ0) is 23.9. The number of carbonyl (C=O) groups excluding carboxylic acids is 2. The molecule has 0 bridgehead atoms. The average Bonchev–Trinajstić information content (AvgIpc) is 3.21. The van der Waals surface area contributed by atoms with Gasteiger partial charge in [-0.15, -0.1) is 11.8 Å². The Morgan fingerprint density at radius 1 is 1.06 bits per heavy atom. The molecule has 0 saturated carbocycles. The van der Waals surface area contributed by atoms with Gasteiger partial charge < -0.3 is 19.7 Å². The van der Waals surface area contributed by atoms with Gasteiger partial charge in [-0.25, -0.2) is 0 Å². The van der Waals surface area contributed by atoms with E-state index in [9.17, 15) is 9.59 Å². The first-order chi connectivity index (χ1) is 16.5. The molecule has 0 aromatic heterocycles. The van der Waals surface area contributed by atoms with Crippen LogP contribution in [-0.4, -0.2) is 42.2 Å². The second kappa shape index (κ2) is 11.3. The Labute approximate surface area is 208 Å². The summed E-state index contributed by atoms with van der Waals surface area (Å²) in [4.78, 5) is 27.0. The molecule has 1 fully saturated rings. The molecule has 0 spiro atoms. The van der Waals surface area contributed by atoms with E-state index in [1.54, 1.807) is 36.0 Å². The fraction of sp³-hybridized carbons (Fsp3) is 0.231. The summed E-state index contributed by atoms with van der Waals surface area (Å²) in [6.07, 6.45) is 0. The SMILES string of the molecule is CCOc1ccc(OCCN2C(=O)CS[C@@H]2c2cccc(NC(=O)c3ccccc3Cl)c2)cc1. The predicted molar refractivity (Wildman–Crippen MR) is 136 cm³/mol. The Kier molecular flexibility index (Phi) is 7.98. The van der Waals surface area contributed by atoms with E-state index in [1.807, 2.05) is 60.4 Å². The van der Waals surface area contributed by atoms with Crippen molar-refractivity contribution in [2.75, 3.05) is 30.8 Å². The van der Waals surface area contributed by atoms with Crippen molar-refractivity contribution in [2.45, 2.75) is 12.3 Å². The minimum atomic E-state index is -0.279. The fourth-order valence-corrected chi connectivity index (χ4v) is 5.08. The lowest BCUT2D eigenvalue weighted by atomic mass is 10.1. The van der Waals surface area contributed by atoms with Crippen molar-refractivity contribution in [1.29, 1.82) is 0 Å². The summed E-state index contributed by atoms with van der Waals surface area (Å²) in [5.41, 5.74) is 2.00. The number of benzene rings is 3. The number of carbonyl (C=O) groups is 2. The van der Waals surface area contributed by atoms with Gasteiger partial charge in [-0.2, -0.15) is 0 Å². The summed E-state index contributed by atoms with van der Waals surface area (Å²) in [6, 6.07) is 21.9. The van der Waals surface area contributed by atoms with Crippen LogP contribution >= 0.6 is 23.4 Å². The molecule has 34 heavy (non-hydrogen) atoms. The van der Waals surface area contributed by atoms with Gasteiger partial charge in [-0.1, -0.05) is 35.9 Å². The van der Waals surface area contributed by atoms with Crippen molar-refractivity contribution >= 4 is 40.9 Å². The third-order valence-corrected chi connectivity index (χ3v) is 6.84. The summed E-state index contributed by atoms with van der Waals surface area (Å²) in [7, 11) is 0. The van der Waals surface area contributed by atoms with Crippen LogP contribution < -0.4 is 14.8 Å². The lowest BCUT2D eigenvalue weighted by molar-refractivity contribution is -0.128. The van der Waals surface area contributed by atoms with E-state index in [0.29, 0.717) is 41.8 Å². The van der Waals surface area contributed by atoms with Crippen molar-refractivity contribution < 1.29 is 19.1 Å². The first kappa shape index (κ1) is 24.0. The van der Waals surface area contributed by atoms with Crippen LogP contribution in [0.4, 0.5) is 5.69 Å². The van der Waals surface area contributed by atoms with E-state index < -0.39 is 0 Å². The molecule has 1 aliphatic rings. The lowest BCUT2D eigenvalue weighted by Crippen LogP contribution is -2.32. The van der Waals surface area contributed by atoms with Crippen LogP contribution in [0.1, 0.15) is 28.2 Å². The van der Waals surface area contributed by atoms with Crippen molar-refractivity contribution in [3.63, 3.8) is 0 Å². The van der Waals surface area contributed by atoms with Crippen molar-refractivity contribution in [2.24, 2.45) is 0 Å². The lowest BCUT2D eigenvalue weighted by Gasteiger charge is -2.24. The van der Waals surface area contributed by atoms with E-state index in [-0.39, 0.29) is 17.2 Å². The number of nitrogens with one attached hydrogen (secondary N) is 1. The van der Waals surface area contributed by atoms with E-state index in [2.05, 4.69) is 5.32 Å². The monoisotopic (exact) mass is 496 g/mol. The van der Waals surface area contributed by atoms with Crippen molar-refractivity contribution in [3.8, 4) is 11.5 Å². The summed E-state index contributed by atoms with van der Waals surface area (Å²) in [6.45, 7) is 3.38. The minimum absolute atomic E-state index is 0.0656. The maximum absolute atomic E-state index is 12.6. The molecule has 1 atom stereocenters. The number of hydrogen-bond donors (Lipinski definition) is 1. The Balaban J connectivity index is 1.39. The summed E-state index contributed by atoms with van der Waals surface area (Å²) >= 11 is 7.71. The second-order valence-electron chi connectivity index (χ2n) is 7.56. The van der Waals surface area contributed by atoms with E-state index >= 15 is 0 Å². The van der Waals surface area contributed by atoms with Gasteiger partial charge >= 0.3 is 0 Å². The van der Waals surface area contributed by atoms with E-state index in [0.717, 1.165) is 17.1 Å². The summed E-state index contributed by atoms with van der Waals surface area (Å²) < 4.78 is 11.3. The van der Waals surface area contributed by atoms with Crippen molar-refractivity contribution in [3.05, 3.63) is 88.9 Å². The first-order valence-electron chi connectivity index (χ1n) is 11.0. The number of halogens is 1. The van der Waals surface area contributed by atoms with Crippen LogP contribution in [0.5, 0.6) is 11.5 Å². The number of nitrogens with zero attached hydrogens (tertiary/aromatic N) is 1. The van der Waals surface area contributed by atoms with E-state index in [4.69, 9.17) is 21.1 Å². The molecule has 1 heterocycles. The number of rotatable bonds is 9. The van der Waals surface area contributed by atoms with Crippen LogP contribution in [-0.2, 0) is 4.79 Å². The van der Waals surface area contributed by atoms with Crippen molar-refractivity contribution in [1.82, 2.24) is 4.90 Å². The number of anilines is 1. The Hall–Kier alpha value is -3.16. The van der Waals surface area contributed by atoms with Crippen LogP contribution in [0.3, 0.4) is 0 Å². The molecule has 0 unspecified atom stereocenters. The Morgan fingerprint density at radius 3 is 2.53 bits per heavy atom. The van der Waals surface area contributed by atoms with Gasteiger partial charge in [0.05, 0.1) is 29.5 Å². The smallest absolute Gasteiger partial charge is 0.257 e. The van der Waals surface area contributed by atoms with Gasteiger partial charge in [0, 0.05) is 5.69 Å². The van der Waals surface area contributed by atoms with Gasteiger partial charge in [0.25, 0.3) is 5.91 Å². The first-order valence-corrected chi connectivity index (χ1v) is 12.4. The summed E-state index contributed by atoms with van der Waals surface area (Å²) in [5, 5.41) is 3.15. The van der Waals surface area contributed by atoms with Gasteiger partial charge in [0.15, 0.2) is 0 Å². The maximum atomic E-state index is 12.6. The van der Waals surface area contributed by atoms with Crippen LogP contribution in [0.2, 0.25) is 5.02 Å². The maximum Gasteiger partial charge on any atom is 0.257 e. The molecule has 4 rings (SSSR count). The highest BCUT2D eigenvalue weighted by Crippen LogP contribution is 2.39. The normalized spacial score (nSPS) is 15.3. The molecule has 3 aromatic carbocycles. The quantitative estimate of drug-likeness (QED) is 0.415. The standard InChI is InChI=1S/C26H25ClN2O4S/c1-2-32-20-10-12-21(13-11-20)33-15-14-29-24(30)17-34-26(29)18-6-5-7-19(16-18)28-25(31)22-8-3-4-9-23(22)27/h3-13,16,26H,2,14-15,17H2,1H3,(H,28,31)/t26-/m1/s1. The molecule has 1 saturated heterocycles. The topological polar surface area (TPSA) is 67.9 Å². The molecular formula is C26H25ClN2O4S. The molecule has 2 amide bonds. The third kappa shape index (κ3) is 5.85. The van der Waals surface area contributed by atoms with Crippen LogP contribution in [0.15, 0.2) is 72.8 Å². The molecule has 3 aromatic rings. The zero-order valence-corrected chi connectivity index (χ0v) is 20.3. The highest BCUT2D eigenvalue weighted by atomic mass is 35.5. The molecule has 0 aliphatic carbocycles. The predicted octanol–water partition coefficient (Wildman–Crippen LogP) is 5.64. The molecule has 6 nitrogen and oxygen atoms in total.